The van der Waals surface area contributed by atoms with Crippen molar-refractivity contribution in [2.45, 2.75) is 12.8 Å². The molecule has 0 radical (unpaired) electrons. The number of phosphoric ester groups is 1. The van der Waals surface area contributed by atoms with E-state index in [4.69, 9.17) is 0 Å². The van der Waals surface area contributed by atoms with Crippen molar-refractivity contribution in [2.24, 2.45) is 0 Å². The minimum absolute atomic E-state index is 0.503. The van der Waals surface area contributed by atoms with E-state index in [1.165, 1.54) is 0 Å². The minimum Gasteiger partial charge on any atom is -0.281 e. The summed E-state index contributed by atoms with van der Waals surface area (Å²) in [5.41, 5.74) is 0. The third-order valence-corrected chi connectivity index (χ3v) is 1.96. The van der Waals surface area contributed by atoms with Gasteiger partial charge in [-0.05, 0) is 4.53 Å². The van der Waals surface area contributed by atoms with E-state index in [1.807, 2.05) is 0 Å². The first-order valence-corrected chi connectivity index (χ1v) is 4.67. The SMILES string of the molecule is C=CCOP(=O)(OF)OC(F)C(F)F. The van der Waals surface area contributed by atoms with Gasteiger partial charge in [-0.15, -0.1) is 6.58 Å². The number of rotatable bonds is 7. The number of phosphoric acid groups is 1. The van der Waals surface area contributed by atoms with Gasteiger partial charge in [-0.3, -0.25) is 4.52 Å². The predicted molar refractivity (Wildman–Crippen MR) is 37.9 cm³/mol. The van der Waals surface area contributed by atoms with Gasteiger partial charge in [-0.2, -0.15) is 0 Å². The molecule has 9 heteroatoms. The van der Waals surface area contributed by atoms with Gasteiger partial charge in [0.2, 0.25) is 0 Å². The highest BCUT2D eigenvalue weighted by Gasteiger charge is 2.36. The van der Waals surface area contributed by atoms with Gasteiger partial charge in [0.05, 0.1) is 6.61 Å². The second kappa shape index (κ2) is 6.13. The lowest BCUT2D eigenvalue weighted by Crippen LogP contribution is -2.15. The standard InChI is InChI=1S/C5H7F4O4P/c1-2-3-11-14(10,13-9)12-5(8)4(6)7/h2,4-5H,1,3H2. The van der Waals surface area contributed by atoms with Crippen LogP contribution < -0.4 is 0 Å². The first kappa shape index (κ1) is 13.6. The summed E-state index contributed by atoms with van der Waals surface area (Å²) in [6.07, 6.45) is -5.81. The molecule has 0 saturated heterocycles. The summed E-state index contributed by atoms with van der Waals surface area (Å²) in [6, 6.07) is 0. The highest BCUT2D eigenvalue weighted by molar-refractivity contribution is 7.48. The molecule has 14 heavy (non-hydrogen) atoms. The second-order valence-corrected chi connectivity index (χ2v) is 3.39. The molecule has 0 amide bonds. The maximum Gasteiger partial charge on any atom is 0.509 e. The van der Waals surface area contributed by atoms with Crippen LogP contribution in [-0.4, -0.2) is 19.4 Å². The fraction of sp³-hybridized carbons (Fsp3) is 0.600. The number of alkyl halides is 3. The maximum atomic E-state index is 12.1. The molecule has 0 spiro atoms. The Labute approximate surface area is 77.0 Å². The van der Waals surface area contributed by atoms with E-state index in [2.05, 4.69) is 20.4 Å². The molecule has 0 bridgehead atoms. The smallest absolute Gasteiger partial charge is 0.281 e. The van der Waals surface area contributed by atoms with Gasteiger partial charge in [-0.25, -0.2) is 22.3 Å². The zero-order valence-corrected chi connectivity index (χ0v) is 7.63. The Morgan fingerprint density at radius 3 is 2.36 bits per heavy atom. The first-order valence-electron chi connectivity index (χ1n) is 3.21. The molecule has 0 fully saturated rings. The highest BCUT2D eigenvalue weighted by Crippen LogP contribution is 2.51. The van der Waals surface area contributed by atoms with Crippen molar-refractivity contribution in [3.05, 3.63) is 12.7 Å². The Balaban J connectivity index is 4.24. The summed E-state index contributed by atoms with van der Waals surface area (Å²) in [6.45, 7) is 2.59. The quantitative estimate of drug-likeness (QED) is 0.388. The van der Waals surface area contributed by atoms with Crippen LogP contribution >= 0.6 is 7.82 Å². The lowest BCUT2D eigenvalue weighted by Gasteiger charge is -2.14. The van der Waals surface area contributed by atoms with Gasteiger partial charge in [0.15, 0.2) is 0 Å². The summed E-state index contributed by atoms with van der Waals surface area (Å²) in [5, 5.41) is 0. The Morgan fingerprint density at radius 2 is 2.00 bits per heavy atom. The fourth-order valence-electron chi connectivity index (χ4n) is 0.380. The van der Waals surface area contributed by atoms with E-state index >= 15 is 0 Å². The molecular weight excluding hydrogens is 231 g/mol. The van der Waals surface area contributed by atoms with Crippen molar-refractivity contribution < 1.29 is 36.0 Å². The van der Waals surface area contributed by atoms with Gasteiger partial charge < -0.3 is 0 Å². The van der Waals surface area contributed by atoms with Crippen LogP contribution in [0.2, 0.25) is 0 Å². The molecule has 0 aliphatic heterocycles. The van der Waals surface area contributed by atoms with E-state index in [0.29, 0.717) is 0 Å². The molecule has 0 rings (SSSR count). The average molecular weight is 238 g/mol. The van der Waals surface area contributed by atoms with Crippen molar-refractivity contribution >= 4 is 7.82 Å². The average Bonchev–Trinajstić information content (AvgIpc) is 2.14. The Morgan fingerprint density at radius 1 is 1.43 bits per heavy atom. The second-order valence-electron chi connectivity index (χ2n) is 1.89. The van der Waals surface area contributed by atoms with E-state index in [0.717, 1.165) is 6.08 Å². The Bertz CT molecular complexity index is 224. The molecule has 0 aromatic carbocycles. The zero-order chi connectivity index (χ0) is 11.2. The van der Waals surface area contributed by atoms with E-state index in [9.17, 15) is 22.3 Å². The van der Waals surface area contributed by atoms with Crippen LogP contribution in [0.4, 0.5) is 17.7 Å². The van der Waals surface area contributed by atoms with Crippen molar-refractivity contribution in [3.8, 4) is 0 Å². The maximum absolute atomic E-state index is 12.1. The third-order valence-electron chi connectivity index (χ3n) is 0.863. The molecule has 0 aromatic heterocycles. The molecule has 4 nitrogen and oxygen atoms in total. The monoisotopic (exact) mass is 238 g/mol. The largest absolute Gasteiger partial charge is 0.509 e. The van der Waals surface area contributed by atoms with E-state index in [1.54, 1.807) is 0 Å². The van der Waals surface area contributed by atoms with Gasteiger partial charge in [0, 0.05) is 0 Å². The highest BCUT2D eigenvalue weighted by atomic mass is 31.2. The van der Waals surface area contributed by atoms with Gasteiger partial charge in [0.25, 0.3) is 12.8 Å². The van der Waals surface area contributed by atoms with Gasteiger partial charge in [-0.1, -0.05) is 10.8 Å². The van der Waals surface area contributed by atoms with Crippen molar-refractivity contribution in [2.75, 3.05) is 6.61 Å². The van der Waals surface area contributed by atoms with Crippen LogP contribution in [0.15, 0.2) is 12.7 Å². The summed E-state index contributed by atoms with van der Waals surface area (Å²) in [4.78, 5) is 0. The molecule has 0 N–H and O–H groups in total. The predicted octanol–water partition coefficient (Wildman–Crippen LogP) is 2.78. The molecular formula is C5H7F4O4P. The van der Waals surface area contributed by atoms with Crippen molar-refractivity contribution in [1.82, 2.24) is 0 Å². The van der Waals surface area contributed by atoms with Gasteiger partial charge >= 0.3 is 7.82 Å². The van der Waals surface area contributed by atoms with Crippen LogP contribution in [0.3, 0.4) is 0 Å². The summed E-state index contributed by atoms with van der Waals surface area (Å²) in [7, 11) is -4.92. The molecule has 0 heterocycles. The van der Waals surface area contributed by atoms with Crippen LogP contribution in [-0.2, 0) is 18.3 Å². The number of hydrogen-bond acceptors (Lipinski definition) is 4. The topological polar surface area (TPSA) is 44.8 Å². The van der Waals surface area contributed by atoms with Crippen LogP contribution in [0.5, 0.6) is 0 Å². The van der Waals surface area contributed by atoms with Crippen molar-refractivity contribution in [1.29, 1.82) is 0 Å². The molecule has 2 unspecified atom stereocenters. The van der Waals surface area contributed by atoms with E-state index < -0.39 is 27.2 Å². The first-order chi connectivity index (χ1) is 6.45. The van der Waals surface area contributed by atoms with Crippen LogP contribution in [0.1, 0.15) is 0 Å². The molecule has 0 saturated carbocycles. The number of halogens is 4. The summed E-state index contributed by atoms with van der Waals surface area (Å²) >= 11 is 0. The fourth-order valence-corrected chi connectivity index (χ4v) is 1.14. The molecule has 2 atom stereocenters. The Kier molecular flexibility index (Phi) is 5.94. The van der Waals surface area contributed by atoms with Crippen molar-refractivity contribution in [3.63, 3.8) is 0 Å². The van der Waals surface area contributed by atoms with E-state index in [-0.39, 0.29) is 0 Å². The molecule has 84 valence electrons. The van der Waals surface area contributed by atoms with Gasteiger partial charge in [0.1, 0.15) is 0 Å². The number of hydrogen-bond donors (Lipinski definition) is 0. The third kappa shape index (κ3) is 4.71. The minimum atomic E-state index is -4.92. The lowest BCUT2D eigenvalue weighted by molar-refractivity contribution is -0.118. The summed E-state index contributed by atoms with van der Waals surface area (Å²) < 4.78 is 67.6. The summed E-state index contributed by atoms with van der Waals surface area (Å²) in [5.74, 6) is 0. The lowest BCUT2D eigenvalue weighted by atomic mass is 10.7. The normalized spacial score (nSPS) is 17.8. The molecule has 0 aromatic rings. The zero-order valence-electron chi connectivity index (χ0n) is 6.74. The Hall–Kier alpha value is -0.430. The molecule has 0 aliphatic carbocycles. The van der Waals surface area contributed by atoms with Crippen LogP contribution in [0.25, 0.3) is 0 Å². The van der Waals surface area contributed by atoms with Crippen LogP contribution in [0, 0.1) is 0 Å². The molecule has 0 aliphatic rings.